The van der Waals surface area contributed by atoms with Gasteiger partial charge in [0.25, 0.3) is 0 Å². The predicted molar refractivity (Wildman–Crippen MR) is 117 cm³/mol. The molecule has 1 heterocycles. The molecule has 0 radical (unpaired) electrons. The lowest BCUT2D eigenvalue weighted by atomic mass is 9.65. The highest BCUT2D eigenvalue weighted by Gasteiger charge is 2.38. The Morgan fingerprint density at radius 2 is 1.79 bits per heavy atom. The minimum absolute atomic E-state index is 0.0601. The van der Waals surface area contributed by atoms with Crippen LogP contribution in [-0.2, 0) is 9.53 Å². The number of esters is 1. The van der Waals surface area contributed by atoms with Crippen molar-refractivity contribution < 1.29 is 14.3 Å². The highest BCUT2D eigenvalue weighted by atomic mass is 35.5. The normalized spacial score (nSPS) is 22.8. The van der Waals surface area contributed by atoms with Crippen molar-refractivity contribution in [3.05, 3.63) is 23.2 Å². The summed E-state index contributed by atoms with van der Waals surface area (Å²) in [7, 11) is 1.49. The Labute approximate surface area is 179 Å². The molecular formula is C24H34ClNO3. The van der Waals surface area contributed by atoms with Crippen LogP contribution in [-0.4, -0.2) is 32.3 Å². The van der Waals surface area contributed by atoms with Gasteiger partial charge in [0.1, 0.15) is 5.75 Å². The minimum Gasteiger partial charge on any atom is -0.490 e. The standard InChI is InChI=1S/C24H34ClNO3/c1-28-23(27)16-18-8-10-24(11-9-18)12-14-26(15-13-24)22-17-20(6-7-21(22)25)29-19-4-2-3-5-19/h6-7,17-19H,2-5,8-16H2,1H3. The van der Waals surface area contributed by atoms with E-state index in [1.807, 2.05) is 12.1 Å². The van der Waals surface area contributed by atoms with Crippen LogP contribution in [0.4, 0.5) is 5.69 Å². The van der Waals surface area contributed by atoms with E-state index in [9.17, 15) is 4.79 Å². The summed E-state index contributed by atoms with van der Waals surface area (Å²) in [6.45, 7) is 2.10. The minimum atomic E-state index is -0.0601. The second-order valence-corrected chi connectivity index (χ2v) is 9.76. The average Bonchev–Trinajstić information content (AvgIpc) is 3.25. The molecule has 1 aromatic carbocycles. The van der Waals surface area contributed by atoms with E-state index in [1.54, 1.807) is 0 Å². The number of piperidine rings is 1. The first kappa shape index (κ1) is 20.8. The smallest absolute Gasteiger partial charge is 0.305 e. The van der Waals surface area contributed by atoms with Crippen molar-refractivity contribution in [1.82, 2.24) is 0 Å². The van der Waals surface area contributed by atoms with E-state index in [2.05, 4.69) is 11.0 Å². The maximum absolute atomic E-state index is 11.6. The number of rotatable bonds is 5. The van der Waals surface area contributed by atoms with Crippen molar-refractivity contribution in [2.24, 2.45) is 11.3 Å². The topological polar surface area (TPSA) is 38.8 Å². The molecule has 4 nitrogen and oxygen atoms in total. The van der Waals surface area contributed by atoms with Crippen LogP contribution in [0.2, 0.25) is 5.02 Å². The zero-order valence-corrected chi connectivity index (χ0v) is 18.4. The lowest BCUT2D eigenvalue weighted by Crippen LogP contribution is -2.42. The van der Waals surface area contributed by atoms with Crippen molar-refractivity contribution in [2.45, 2.75) is 76.7 Å². The maximum Gasteiger partial charge on any atom is 0.305 e. The van der Waals surface area contributed by atoms with Gasteiger partial charge in [-0.15, -0.1) is 0 Å². The Morgan fingerprint density at radius 1 is 1.10 bits per heavy atom. The van der Waals surface area contributed by atoms with Gasteiger partial charge in [-0.25, -0.2) is 0 Å². The third-order valence-corrected chi connectivity index (χ3v) is 7.86. The zero-order chi connectivity index (χ0) is 20.3. The van der Waals surface area contributed by atoms with Gasteiger partial charge in [0, 0.05) is 25.6 Å². The maximum atomic E-state index is 11.6. The summed E-state index contributed by atoms with van der Waals surface area (Å²) < 4.78 is 11.0. The predicted octanol–water partition coefficient (Wildman–Crippen LogP) is 6.00. The molecule has 2 saturated carbocycles. The summed E-state index contributed by atoms with van der Waals surface area (Å²) in [5, 5.41) is 0.821. The first-order chi connectivity index (χ1) is 14.1. The molecule has 0 bridgehead atoms. The van der Waals surface area contributed by atoms with E-state index in [1.165, 1.54) is 58.5 Å². The van der Waals surface area contributed by atoms with E-state index in [4.69, 9.17) is 21.1 Å². The SMILES string of the molecule is COC(=O)CC1CCC2(CC1)CCN(c1cc(OC3CCCC3)ccc1Cl)CC2. The largest absolute Gasteiger partial charge is 0.490 e. The van der Waals surface area contributed by atoms with E-state index in [0.29, 0.717) is 23.9 Å². The Balaban J connectivity index is 1.33. The van der Waals surface area contributed by atoms with E-state index in [-0.39, 0.29) is 5.97 Å². The molecule has 0 N–H and O–H groups in total. The fraction of sp³-hybridized carbons (Fsp3) is 0.708. The molecule has 0 aromatic heterocycles. The lowest BCUT2D eigenvalue weighted by molar-refractivity contribution is -0.142. The van der Waals surface area contributed by atoms with Gasteiger partial charge < -0.3 is 14.4 Å². The molecule has 4 rings (SSSR count). The summed E-state index contributed by atoms with van der Waals surface area (Å²) in [5.74, 6) is 1.40. The van der Waals surface area contributed by atoms with E-state index >= 15 is 0 Å². The summed E-state index contributed by atoms with van der Waals surface area (Å²) in [6, 6.07) is 6.15. The molecule has 0 atom stereocenters. The number of methoxy groups -OCH3 is 1. The van der Waals surface area contributed by atoms with Crippen LogP contribution in [0.3, 0.4) is 0 Å². The molecule has 1 aromatic rings. The lowest BCUT2D eigenvalue weighted by Gasteiger charge is -2.46. The van der Waals surface area contributed by atoms with Crippen LogP contribution < -0.4 is 9.64 Å². The Kier molecular flexibility index (Phi) is 6.58. The Bertz CT molecular complexity index is 698. The third kappa shape index (κ3) is 5.02. The molecule has 160 valence electrons. The van der Waals surface area contributed by atoms with Crippen molar-refractivity contribution in [1.29, 1.82) is 0 Å². The zero-order valence-electron chi connectivity index (χ0n) is 17.6. The molecule has 3 aliphatic rings. The first-order valence-corrected chi connectivity index (χ1v) is 11.7. The second kappa shape index (κ2) is 9.16. The van der Waals surface area contributed by atoms with Gasteiger partial charge in [0.2, 0.25) is 0 Å². The second-order valence-electron chi connectivity index (χ2n) is 9.35. The number of carbonyl (C=O) groups is 1. The molecule has 29 heavy (non-hydrogen) atoms. The molecule has 1 saturated heterocycles. The average molecular weight is 420 g/mol. The quantitative estimate of drug-likeness (QED) is 0.548. The number of ether oxygens (including phenoxy) is 2. The highest BCUT2D eigenvalue weighted by molar-refractivity contribution is 6.33. The summed E-state index contributed by atoms with van der Waals surface area (Å²) in [6.07, 6.45) is 13.0. The number of carbonyl (C=O) groups excluding carboxylic acids is 1. The number of nitrogens with zero attached hydrogens (tertiary/aromatic N) is 1. The van der Waals surface area contributed by atoms with E-state index in [0.717, 1.165) is 42.4 Å². The molecule has 1 spiro atoms. The molecule has 1 aliphatic heterocycles. The van der Waals surface area contributed by atoms with Crippen LogP contribution in [0, 0.1) is 11.3 Å². The van der Waals surface area contributed by atoms with Crippen molar-refractivity contribution in [3.63, 3.8) is 0 Å². The number of halogens is 1. The van der Waals surface area contributed by atoms with Crippen LogP contribution in [0.25, 0.3) is 0 Å². The summed E-state index contributed by atoms with van der Waals surface area (Å²) in [5.41, 5.74) is 1.57. The van der Waals surface area contributed by atoms with Crippen LogP contribution >= 0.6 is 11.6 Å². The number of benzene rings is 1. The molecule has 3 fully saturated rings. The van der Waals surface area contributed by atoms with Crippen LogP contribution in [0.5, 0.6) is 5.75 Å². The highest BCUT2D eigenvalue weighted by Crippen LogP contribution is 2.48. The number of hydrogen-bond donors (Lipinski definition) is 0. The van der Waals surface area contributed by atoms with Gasteiger partial charge in [-0.3, -0.25) is 4.79 Å². The Hall–Kier alpha value is -1.42. The molecule has 0 amide bonds. The molecule has 0 unspecified atom stereocenters. The fourth-order valence-electron chi connectivity index (χ4n) is 5.54. The summed E-state index contributed by atoms with van der Waals surface area (Å²) in [4.78, 5) is 14.0. The first-order valence-electron chi connectivity index (χ1n) is 11.3. The van der Waals surface area contributed by atoms with Crippen molar-refractivity contribution in [2.75, 3.05) is 25.1 Å². The van der Waals surface area contributed by atoms with Crippen molar-refractivity contribution in [3.8, 4) is 5.75 Å². The van der Waals surface area contributed by atoms with Gasteiger partial charge in [-0.1, -0.05) is 11.6 Å². The van der Waals surface area contributed by atoms with E-state index < -0.39 is 0 Å². The van der Waals surface area contributed by atoms with Gasteiger partial charge in [0.05, 0.1) is 23.9 Å². The Morgan fingerprint density at radius 3 is 2.45 bits per heavy atom. The number of anilines is 1. The molecule has 5 heteroatoms. The van der Waals surface area contributed by atoms with Gasteiger partial charge in [-0.2, -0.15) is 0 Å². The fourth-order valence-corrected chi connectivity index (χ4v) is 5.78. The van der Waals surface area contributed by atoms with Gasteiger partial charge in [0.15, 0.2) is 0 Å². The van der Waals surface area contributed by atoms with Crippen LogP contribution in [0.15, 0.2) is 18.2 Å². The summed E-state index contributed by atoms with van der Waals surface area (Å²) >= 11 is 6.56. The molecular weight excluding hydrogens is 386 g/mol. The van der Waals surface area contributed by atoms with Crippen LogP contribution in [0.1, 0.15) is 70.6 Å². The third-order valence-electron chi connectivity index (χ3n) is 7.54. The number of hydrogen-bond acceptors (Lipinski definition) is 4. The monoisotopic (exact) mass is 419 g/mol. The van der Waals surface area contributed by atoms with Gasteiger partial charge in [-0.05, 0) is 87.7 Å². The van der Waals surface area contributed by atoms with Crippen molar-refractivity contribution >= 4 is 23.3 Å². The van der Waals surface area contributed by atoms with Gasteiger partial charge >= 0.3 is 5.97 Å². The molecule has 2 aliphatic carbocycles.